The Morgan fingerprint density at radius 1 is 1.31 bits per heavy atom. The third kappa shape index (κ3) is 4.51. The van der Waals surface area contributed by atoms with Gasteiger partial charge in [0, 0.05) is 11.0 Å². The number of furan rings is 1. The fourth-order valence-corrected chi connectivity index (χ4v) is 4.03. The van der Waals surface area contributed by atoms with E-state index in [0.29, 0.717) is 38.7 Å². The standard InChI is InChI=1S/C16H13Br2ClN4O2S/c1-2-23-15(12-5-6-13(18)25-12)21-22-16(23)26-8-14(24)20-11-4-3-9(17)7-10(11)19/h3-7H,2,8H2,1H3,(H,20,24). The molecule has 1 N–H and O–H groups in total. The number of hydrogen-bond acceptors (Lipinski definition) is 5. The van der Waals surface area contributed by atoms with Gasteiger partial charge in [0.1, 0.15) is 0 Å². The van der Waals surface area contributed by atoms with Crippen LogP contribution in [-0.4, -0.2) is 26.4 Å². The number of amides is 1. The summed E-state index contributed by atoms with van der Waals surface area (Å²) in [5.41, 5.74) is 0.568. The number of nitrogens with zero attached hydrogens (tertiary/aromatic N) is 3. The van der Waals surface area contributed by atoms with E-state index < -0.39 is 0 Å². The van der Waals surface area contributed by atoms with Crippen molar-refractivity contribution in [3.05, 3.63) is 44.5 Å². The zero-order chi connectivity index (χ0) is 18.7. The molecule has 0 aliphatic heterocycles. The van der Waals surface area contributed by atoms with E-state index >= 15 is 0 Å². The molecule has 2 heterocycles. The van der Waals surface area contributed by atoms with Gasteiger partial charge in [0.2, 0.25) is 11.7 Å². The summed E-state index contributed by atoms with van der Waals surface area (Å²) in [5, 5.41) is 12.3. The normalized spacial score (nSPS) is 10.9. The predicted molar refractivity (Wildman–Crippen MR) is 110 cm³/mol. The molecular formula is C16H13Br2ClN4O2S. The summed E-state index contributed by atoms with van der Waals surface area (Å²) in [7, 11) is 0. The number of carbonyl (C=O) groups is 1. The van der Waals surface area contributed by atoms with Crippen LogP contribution in [-0.2, 0) is 11.3 Å². The van der Waals surface area contributed by atoms with Crippen LogP contribution < -0.4 is 5.32 Å². The SMILES string of the molecule is CCn1c(SCC(=O)Nc2ccc(Br)cc2Cl)nnc1-c1ccc(Br)o1. The zero-order valence-electron chi connectivity index (χ0n) is 13.5. The minimum Gasteiger partial charge on any atom is -0.446 e. The van der Waals surface area contributed by atoms with Gasteiger partial charge in [-0.25, -0.2) is 0 Å². The van der Waals surface area contributed by atoms with Gasteiger partial charge >= 0.3 is 0 Å². The quantitative estimate of drug-likeness (QED) is 0.437. The van der Waals surface area contributed by atoms with Crippen LogP contribution in [0.3, 0.4) is 0 Å². The molecule has 26 heavy (non-hydrogen) atoms. The number of nitrogens with one attached hydrogen (secondary N) is 1. The van der Waals surface area contributed by atoms with Gasteiger partial charge in [0.25, 0.3) is 0 Å². The van der Waals surface area contributed by atoms with Gasteiger partial charge in [-0.1, -0.05) is 39.3 Å². The first-order chi connectivity index (χ1) is 12.5. The summed E-state index contributed by atoms with van der Waals surface area (Å²) in [6, 6.07) is 8.90. The molecule has 0 aliphatic carbocycles. The summed E-state index contributed by atoms with van der Waals surface area (Å²) in [6.07, 6.45) is 0. The average Bonchev–Trinajstić information content (AvgIpc) is 3.21. The minimum atomic E-state index is -0.174. The van der Waals surface area contributed by atoms with Crippen molar-refractivity contribution in [3.8, 4) is 11.6 Å². The van der Waals surface area contributed by atoms with Gasteiger partial charge in [0.15, 0.2) is 15.6 Å². The Hall–Kier alpha value is -1.29. The van der Waals surface area contributed by atoms with Crippen LogP contribution in [0.4, 0.5) is 5.69 Å². The van der Waals surface area contributed by atoms with E-state index in [1.165, 1.54) is 11.8 Å². The Kier molecular flexibility index (Phi) is 6.44. The molecule has 0 unspecified atom stereocenters. The smallest absolute Gasteiger partial charge is 0.234 e. The van der Waals surface area contributed by atoms with Gasteiger partial charge < -0.3 is 9.73 Å². The fraction of sp³-hybridized carbons (Fsp3) is 0.188. The molecule has 6 nitrogen and oxygen atoms in total. The van der Waals surface area contributed by atoms with Crippen LogP contribution in [0.15, 0.2) is 49.0 Å². The lowest BCUT2D eigenvalue weighted by atomic mass is 10.3. The van der Waals surface area contributed by atoms with Crippen molar-refractivity contribution in [2.45, 2.75) is 18.6 Å². The summed E-state index contributed by atoms with van der Waals surface area (Å²) in [4.78, 5) is 12.2. The molecular weight excluding hydrogens is 508 g/mol. The second-order valence-electron chi connectivity index (χ2n) is 5.12. The van der Waals surface area contributed by atoms with Crippen LogP contribution in [0.1, 0.15) is 6.92 Å². The summed E-state index contributed by atoms with van der Waals surface area (Å²) >= 11 is 14.0. The average molecular weight is 521 g/mol. The number of benzene rings is 1. The van der Waals surface area contributed by atoms with Crippen LogP contribution in [0.25, 0.3) is 11.6 Å². The Balaban J connectivity index is 1.67. The van der Waals surface area contributed by atoms with Crippen LogP contribution in [0.5, 0.6) is 0 Å². The maximum Gasteiger partial charge on any atom is 0.234 e. The lowest BCUT2D eigenvalue weighted by Crippen LogP contribution is -2.15. The Bertz CT molecular complexity index is 944. The first-order valence-electron chi connectivity index (χ1n) is 7.54. The number of carbonyl (C=O) groups excluding carboxylic acids is 1. The predicted octanol–water partition coefficient (Wildman–Crippen LogP) is 5.47. The molecule has 2 aromatic heterocycles. The third-order valence-corrected chi connectivity index (χ3v) is 5.56. The van der Waals surface area contributed by atoms with Gasteiger partial charge in [-0.15, -0.1) is 10.2 Å². The number of thioether (sulfide) groups is 1. The molecule has 0 saturated carbocycles. The molecule has 1 aromatic carbocycles. The number of hydrogen-bond donors (Lipinski definition) is 1. The van der Waals surface area contributed by atoms with Gasteiger partial charge in [0.05, 0.1) is 16.5 Å². The first-order valence-corrected chi connectivity index (χ1v) is 10.5. The minimum absolute atomic E-state index is 0.174. The Morgan fingerprint density at radius 2 is 2.12 bits per heavy atom. The number of halogens is 3. The Morgan fingerprint density at radius 3 is 2.77 bits per heavy atom. The van der Waals surface area contributed by atoms with Crippen LogP contribution in [0.2, 0.25) is 5.02 Å². The highest BCUT2D eigenvalue weighted by Crippen LogP contribution is 2.28. The van der Waals surface area contributed by atoms with E-state index in [-0.39, 0.29) is 11.7 Å². The molecule has 0 aliphatic rings. The van der Waals surface area contributed by atoms with Crippen LogP contribution >= 0.6 is 55.2 Å². The first kappa shape index (κ1) is 19.5. The third-order valence-electron chi connectivity index (χ3n) is 3.36. The lowest BCUT2D eigenvalue weighted by molar-refractivity contribution is -0.113. The Labute approximate surface area is 175 Å². The summed E-state index contributed by atoms with van der Waals surface area (Å²) in [6.45, 7) is 2.64. The van der Waals surface area contributed by atoms with Crippen molar-refractivity contribution < 1.29 is 9.21 Å². The van der Waals surface area contributed by atoms with Gasteiger partial charge in [-0.2, -0.15) is 0 Å². The number of rotatable bonds is 6. The maximum absolute atomic E-state index is 12.2. The molecule has 136 valence electrons. The highest BCUT2D eigenvalue weighted by molar-refractivity contribution is 9.10. The monoisotopic (exact) mass is 518 g/mol. The van der Waals surface area contributed by atoms with Gasteiger partial charge in [-0.05, 0) is 53.2 Å². The summed E-state index contributed by atoms with van der Waals surface area (Å²) < 4.78 is 8.91. The second-order valence-corrected chi connectivity index (χ2v) is 8.16. The number of anilines is 1. The van der Waals surface area contributed by atoms with Crippen molar-refractivity contribution in [1.82, 2.24) is 14.8 Å². The largest absolute Gasteiger partial charge is 0.446 e. The van der Waals surface area contributed by atoms with Crippen molar-refractivity contribution in [1.29, 1.82) is 0 Å². The molecule has 3 rings (SSSR count). The fourth-order valence-electron chi connectivity index (χ4n) is 2.20. The topological polar surface area (TPSA) is 73.0 Å². The van der Waals surface area contributed by atoms with E-state index in [2.05, 4.69) is 47.4 Å². The van der Waals surface area contributed by atoms with E-state index in [0.717, 1.165) is 4.47 Å². The van der Waals surface area contributed by atoms with E-state index in [1.54, 1.807) is 18.2 Å². The molecule has 0 saturated heterocycles. The summed E-state index contributed by atoms with van der Waals surface area (Å²) in [5.74, 6) is 1.25. The van der Waals surface area contributed by atoms with E-state index in [1.807, 2.05) is 23.6 Å². The lowest BCUT2D eigenvalue weighted by Gasteiger charge is -2.08. The molecule has 0 bridgehead atoms. The van der Waals surface area contributed by atoms with Gasteiger partial charge in [-0.3, -0.25) is 9.36 Å². The second kappa shape index (κ2) is 8.60. The highest BCUT2D eigenvalue weighted by atomic mass is 79.9. The molecule has 10 heteroatoms. The van der Waals surface area contributed by atoms with Crippen molar-refractivity contribution >= 4 is 66.8 Å². The van der Waals surface area contributed by atoms with Crippen molar-refractivity contribution in [2.75, 3.05) is 11.1 Å². The number of aromatic nitrogens is 3. The molecule has 0 radical (unpaired) electrons. The highest BCUT2D eigenvalue weighted by Gasteiger charge is 2.17. The molecule has 0 atom stereocenters. The molecule has 0 spiro atoms. The zero-order valence-corrected chi connectivity index (χ0v) is 18.2. The van der Waals surface area contributed by atoms with Crippen molar-refractivity contribution in [3.63, 3.8) is 0 Å². The molecule has 3 aromatic rings. The van der Waals surface area contributed by atoms with E-state index in [4.69, 9.17) is 16.0 Å². The van der Waals surface area contributed by atoms with E-state index in [9.17, 15) is 4.79 Å². The maximum atomic E-state index is 12.2. The molecule has 1 amide bonds. The van der Waals surface area contributed by atoms with Crippen LogP contribution in [0, 0.1) is 0 Å². The van der Waals surface area contributed by atoms with Crippen molar-refractivity contribution in [2.24, 2.45) is 0 Å². The molecule has 0 fully saturated rings.